The molecule has 2 aromatic rings. The summed E-state index contributed by atoms with van der Waals surface area (Å²) in [6.07, 6.45) is 3.69. The fourth-order valence-electron chi connectivity index (χ4n) is 3.88. The zero-order chi connectivity index (χ0) is 15.1. The second-order valence-electron chi connectivity index (χ2n) is 6.76. The van der Waals surface area contributed by atoms with E-state index >= 15 is 0 Å². The number of rotatable bonds is 2. The van der Waals surface area contributed by atoms with Crippen LogP contribution in [-0.2, 0) is 0 Å². The first kappa shape index (κ1) is 13.8. The van der Waals surface area contributed by atoms with Crippen molar-refractivity contribution in [3.8, 4) is 0 Å². The fourth-order valence-corrected chi connectivity index (χ4v) is 3.88. The number of hydrogen-bond donors (Lipinski definition) is 1. The van der Waals surface area contributed by atoms with Gasteiger partial charge >= 0.3 is 0 Å². The summed E-state index contributed by atoms with van der Waals surface area (Å²) in [6.45, 7) is 5.30. The maximum absolute atomic E-state index is 12.5. The Hall–Kier alpha value is -1.81. The van der Waals surface area contributed by atoms with E-state index in [-0.39, 0.29) is 11.9 Å². The number of aryl methyl sites for hydroxylation is 1. The third-order valence-corrected chi connectivity index (χ3v) is 5.04. The summed E-state index contributed by atoms with van der Waals surface area (Å²) in [6, 6.07) is 7.92. The summed E-state index contributed by atoms with van der Waals surface area (Å²) in [5.74, 6) is 1.69. The number of furan rings is 1. The Balaban J connectivity index is 1.50. The lowest BCUT2D eigenvalue weighted by Gasteiger charge is -2.26. The standard InChI is InChI=1S/C18H22N2O2/c1-12-8-15-10-14(2-3-17(15)22-12)18(21)19-16-9-13-4-6-20(11-16)7-5-13/h2-3,8,10,13,16H,4-7,9,11H2,1H3,(H,19,21). The van der Waals surface area contributed by atoms with Crippen LogP contribution < -0.4 is 5.32 Å². The zero-order valence-electron chi connectivity index (χ0n) is 13.0. The highest BCUT2D eigenvalue weighted by Gasteiger charge is 2.29. The topological polar surface area (TPSA) is 45.5 Å². The average molecular weight is 298 g/mol. The molecule has 3 fully saturated rings. The molecule has 116 valence electrons. The molecule has 5 rings (SSSR count). The van der Waals surface area contributed by atoms with Gasteiger partial charge in [-0.25, -0.2) is 0 Å². The van der Waals surface area contributed by atoms with Crippen LogP contribution in [-0.4, -0.2) is 36.5 Å². The Morgan fingerprint density at radius 2 is 2.09 bits per heavy atom. The van der Waals surface area contributed by atoms with Gasteiger partial charge < -0.3 is 14.6 Å². The van der Waals surface area contributed by atoms with Crippen molar-refractivity contribution >= 4 is 16.9 Å². The van der Waals surface area contributed by atoms with Crippen molar-refractivity contribution in [1.82, 2.24) is 10.2 Å². The predicted molar refractivity (Wildman–Crippen MR) is 86.0 cm³/mol. The van der Waals surface area contributed by atoms with Crippen LogP contribution in [0.1, 0.15) is 35.4 Å². The minimum Gasteiger partial charge on any atom is -0.461 e. The number of nitrogens with zero attached hydrogens (tertiary/aromatic N) is 1. The van der Waals surface area contributed by atoms with Crippen molar-refractivity contribution < 1.29 is 9.21 Å². The minimum absolute atomic E-state index is 0.0354. The zero-order valence-corrected chi connectivity index (χ0v) is 13.0. The Morgan fingerprint density at radius 3 is 2.91 bits per heavy atom. The number of hydrogen-bond acceptors (Lipinski definition) is 3. The van der Waals surface area contributed by atoms with Crippen molar-refractivity contribution in [1.29, 1.82) is 0 Å². The molecule has 1 aromatic carbocycles. The predicted octanol–water partition coefficient (Wildman–Crippen LogP) is 2.96. The average Bonchev–Trinajstić information content (AvgIpc) is 2.66. The Labute approximate surface area is 130 Å². The van der Waals surface area contributed by atoms with Gasteiger partial charge in [-0.05, 0) is 69.5 Å². The normalized spacial score (nSPS) is 27.8. The molecule has 0 radical (unpaired) electrons. The second kappa shape index (κ2) is 5.43. The van der Waals surface area contributed by atoms with E-state index in [1.807, 2.05) is 31.2 Å². The highest BCUT2D eigenvalue weighted by molar-refractivity contribution is 5.98. The molecule has 22 heavy (non-hydrogen) atoms. The first-order valence-corrected chi connectivity index (χ1v) is 8.21. The molecule has 0 saturated carbocycles. The quantitative estimate of drug-likeness (QED) is 0.927. The van der Waals surface area contributed by atoms with Gasteiger partial charge in [0.2, 0.25) is 0 Å². The summed E-state index contributed by atoms with van der Waals surface area (Å²) in [7, 11) is 0. The first-order chi connectivity index (χ1) is 10.7. The molecule has 4 nitrogen and oxygen atoms in total. The van der Waals surface area contributed by atoms with Crippen LogP contribution in [0.15, 0.2) is 28.7 Å². The van der Waals surface area contributed by atoms with E-state index in [0.29, 0.717) is 0 Å². The van der Waals surface area contributed by atoms with Gasteiger partial charge in [-0.1, -0.05) is 0 Å². The number of amides is 1. The molecule has 2 bridgehead atoms. The molecular formula is C18H22N2O2. The van der Waals surface area contributed by atoms with Crippen LogP contribution in [0.4, 0.5) is 0 Å². The molecule has 4 heterocycles. The molecule has 3 aliphatic rings. The highest BCUT2D eigenvalue weighted by atomic mass is 16.3. The van der Waals surface area contributed by atoms with Gasteiger partial charge in [-0.2, -0.15) is 0 Å². The molecular weight excluding hydrogens is 276 g/mol. The lowest BCUT2D eigenvalue weighted by Crippen LogP contribution is -2.41. The van der Waals surface area contributed by atoms with Gasteiger partial charge in [0.15, 0.2) is 0 Å². The number of benzene rings is 1. The minimum atomic E-state index is 0.0354. The monoisotopic (exact) mass is 298 g/mol. The van der Waals surface area contributed by atoms with E-state index in [2.05, 4.69) is 10.2 Å². The van der Waals surface area contributed by atoms with Crippen molar-refractivity contribution in [2.45, 2.75) is 32.2 Å². The molecule has 1 N–H and O–H groups in total. The second-order valence-corrected chi connectivity index (χ2v) is 6.76. The van der Waals surface area contributed by atoms with Gasteiger partial charge in [-0.3, -0.25) is 4.79 Å². The summed E-state index contributed by atoms with van der Waals surface area (Å²) in [5, 5.41) is 4.23. The lowest BCUT2D eigenvalue weighted by atomic mass is 9.94. The summed E-state index contributed by atoms with van der Waals surface area (Å²) >= 11 is 0. The molecule has 1 amide bonds. The van der Waals surface area contributed by atoms with Crippen LogP contribution in [0.3, 0.4) is 0 Å². The van der Waals surface area contributed by atoms with Crippen LogP contribution >= 0.6 is 0 Å². The largest absolute Gasteiger partial charge is 0.461 e. The highest BCUT2D eigenvalue weighted by Crippen LogP contribution is 2.27. The smallest absolute Gasteiger partial charge is 0.251 e. The molecule has 0 spiro atoms. The van der Waals surface area contributed by atoms with Gasteiger partial charge in [0.05, 0.1) is 0 Å². The summed E-state index contributed by atoms with van der Waals surface area (Å²) in [4.78, 5) is 15.0. The van der Waals surface area contributed by atoms with E-state index in [4.69, 9.17) is 4.42 Å². The molecule has 1 atom stereocenters. The number of carbonyl (C=O) groups is 1. The van der Waals surface area contributed by atoms with E-state index in [9.17, 15) is 4.79 Å². The fraction of sp³-hybridized carbons (Fsp3) is 0.500. The molecule has 1 unspecified atom stereocenters. The van der Waals surface area contributed by atoms with Crippen LogP contribution in [0.5, 0.6) is 0 Å². The molecule has 0 aliphatic carbocycles. The summed E-state index contributed by atoms with van der Waals surface area (Å²) < 4.78 is 5.57. The van der Waals surface area contributed by atoms with Crippen LogP contribution in [0.2, 0.25) is 0 Å². The Kier molecular flexibility index (Phi) is 3.41. The van der Waals surface area contributed by atoms with Crippen LogP contribution in [0.25, 0.3) is 11.0 Å². The molecule has 1 aromatic heterocycles. The van der Waals surface area contributed by atoms with E-state index in [1.54, 1.807) is 0 Å². The summed E-state index contributed by atoms with van der Waals surface area (Å²) in [5.41, 5.74) is 1.56. The maximum atomic E-state index is 12.5. The third-order valence-electron chi connectivity index (χ3n) is 5.04. The SMILES string of the molecule is Cc1cc2cc(C(=O)NC3CC4CCN(CC4)C3)ccc2o1. The van der Waals surface area contributed by atoms with Crippen molar-refractivity contribution in [3.05, 3.63) is 35.6 Å². The van der Waals surface area contributed by atoms with Crippen molar-refractivity contribution in [2.75, 3.05) is 19.6 Å². The maximum Gasteiger partial charge on any atom is 0.251 e. The van der Waals surface area contributed by atoms with Crippen LogP contribution in [0, 0.1) is 12.8 Å². The van der Waals surface area contributed by atoms with E-state index in [0.717, 1.165) is 41.2 Å². The van der Waals surface area contributed by atoms with Crippen molar-refractivity contribution in [3.63, 3.8) is 0 Å². The van der Waals surface area contributed by atoms with Gasteiger partial charge in [0.25, 0.3) is 5.91 Å². The third kappa shape index (κ3) is 2.63. The molecule has 3 saturated heterocycles. The molecule has 3 aliphatic heterocycles. The number of carbonyl (C=O) groups excluding carboxylic acids is 1. The van der Waals surface area contributed by atoms with E-state index < -0.39 is 0 Å². The van der Waals surface area contributed by atoms with Gasteiger partial charge in [0, 0.05) is 23.5 Å². The van der Waals surface area contributed by atoms with Gasteiger partial charge in [-0.15, -0.1) is 0 Å². The lowest BCUT2D eigenvalue weighted by molar-refractivity contribution is 0.0929. The number of nitrogens with one attached hydrogen (secondary N) is 1. The van der Waals surface area contributed by atoms with Gasteiger partial charge in [0.1, 0.15) is 11.3 Å². The number of fused-ring (bicyclic) bond motifs is 5. The van der Waals surface area contributed by atoms with E-state index in [1.165, 1.54) is 25.9 Å². The number of piperidine rings is 1. The van der Waals surface area contributed by atoms with Crippen molar-refractivity contribution in [2.24, 2.45) is 5.92 Å². The Morgan fingerprint density at radius 1 is 1.27 bits per heavy atom. The molecule has 4 heteroatoms. The first-order valence-electron chi connectivity index (χ1n) is 8.21. The Bertz CT molecular complexity index is 684.